The number of halogens is 2. The highest BCUT2D eigenvalue weighted by Gasteiger charge is 2.18. The third kappa shape index (κ3) is 5.09. The summed E-state index contributed by atoms with van der Waals surface area (Å²) < 4.78 is 0.969. The van der Waals surface area contributed by atoms with Gasteiger partial charge in [-0.25, -0.2) is 0 Å². The van der Waals surface area contributed by atoms with E-state index in [1.54, 1.807) is 12.1 Å². The van der Waals surface area contributed by atoms with Crippen molar-refractivity contribution in [2.45, 2.75) is 20.3 Å². The van der Waals surface area contributed by atoms with Gasteiger partial charge in [-0.1, -0.05) is 29.8 Å². The second-order valence-electron chi connectivity index (χ2n) is 4.79. The van der Waals surface area contributed by atoms with Gasteiger partial charge in [0.2, 0.25) is 0 Å². The Bertz CT molecular complexity index is 376. The molecule has 17 heavy (non-hydrogen) atoms. The van der Waals surface area contributed by atoms with E-state index < -0.39 is 0 Å². The first-order valence-electron chi connectivity index (χ1n) is 5.54. The van der Waals surface area contributed by atoms with Gasteiger partial charge < -0.3 is 5.32 Å². The third-order valence-corrected chi connectivity index (χ3v) is 3.32. The Balaban J connectivity index is 2.53. The summed E-state index contributed by atoms with van der Waals surface area (Å²) in [5, 5.41) is 2.93. The number of hydrogen-bond donors (Lipinski definition) is 1. The zero-order valence-corrected chi connectivity index (χ0v) is 12.4. The van der Waals surface area contributed by atoms with Crippen molar-refractivity contribution in [3.63, 3.8) is 0 Å². The molecular formula is C13H17BrClNO. The molecule has 1 amide bonds. The Labute approximate surface area is 116 Å². The Hall–Kier alpha value is -0.540. The molecule has 0 saturated heterocycles. The van der Waals surface area contributed by atoms with E-state index in [1.807, 2.05) is 12.1 Å². The van der Waals surface area contributed by atoms with Gasteiger partial charge in [0.15, 0.2) is 0 Å². The van der Waals surface area contributed by atoms with Gasteiger partial charge in [0.1, 0.15) is 0 Å². The molecule has 94 valence electrons. The highest BCUT2D eigenvalue weighted by Crippen LogP contribution is 2.19. The molecule has 0 aliphatic rings. The van der Waals surface area contributed by atoms with Gasteiger partial charge >= 0.3 is 0 Å². The fourth-order valence-electron chi connectivity index (χ4n) is 1.37. The van der Waals surface area contributed by atoms with E-state index in [0.29, 0.717) is 18.0 Å². The van der Waals surface area contributed by atoms with Crippen molar-refractivity contribution in [1.82, 2.24) is 5.32 Å². The van der Waals surface area contributed by atoms with Crippen LogP contribution in [0.15, 0.2) is 28.7 Å². The molecule has 1 aromatic carbocycles. The largest absolute Gasteiger partial charge is 0.352 e. The van der Waals surface area contributed by atoms with Gasteiger partial charge in [0.05, 0.1) is 0 Å². The van der Waals surface area contributed by atoms with Crippen molar-refractivity contribution in [2.24, 2.45) is 5.41 Å². The summed E-state index contributed by atoms with van der Waals surface area (Å²) in [5.41, 5.74) is 0.710. The van der Waals surface area contributed by atoms with Crippen LogP contribution in [0.2, 0.25) is 0 Å². The van der Waals surface area contributed by atoms with Crippen molar-refractivity contribution in [3.8, 4) is 0 Å². The van der Waals surface area contributed by atoms with Gasteiger partial charge in [0, 0.05) is 22.5 Å². The van der Waals surface area contributed by atoms with Crippen LogP contribution >= 0.6 is 27.5 Å². The summed E-state index contributed by atoms with van der Waals surface area (Å²) >= 11 is 9.06. The van der Waals surface area contributed by atoms with Crippen molar-refractivity contribution >= 4 is 33.4 Å². The van der Waals surface area contributed by atoms with E-state index in [0.717, 1.165) is 10.9 Å². The number of amides is 1. The first-order chi connectivity index (χ1) is 7.94. The Morgan fingerprint density at radius 3 is 2.47 bits per heavy atom. The van der Waals surface area contributed by atoms with Crippen LogP contribution in [0.3, 0.4) is 0 Å². The molecular weight excluding hydrogens is 302 g/mol. The zero-order valence-electron chi connectivity index (χ0n) is 10.1. The Morgan fingerprint density at radius 2 is 1.94 bits per heavy atom. The van der Waals surface area contributed by atoms with Crippen LogP contribution in [0.4, 0.5) is 0 Å². The topological polar surface area (TPSA) is 29.1 Å². The van der Waals surface area contributed by atoms with E-state index in [2.05, 4.69) is 35.1 Å². The van der Waals surface area contributed by atoms with Crippen LogP contribution in [-0.4, -0.2) is 18.3 Å². The minimum atomic E-state index is -0.0415. The van der Waals surface area contributed by atoms with E-state index >= 15 is 0 Å². The zero-order chi connectivity index (χ0) is 12.9. The van der Waals surface area contributed by atoms with Crippen molar-refractivity contribution in [3.05, 3.63) is 34.3 Å². The standard InChI is InChI=1S/C13H17BrClNO/c1-13(2,7-8-15)9-16-12(17)10-3-5-11(14)6-4-10/h3-6H,7-9H2,1-2H3,(H,16,17). The number of hydrogen-bond acceptors (Lipinski definition) is 1. The van der Waals surface area contributed by atoms with Crippen LogP contribution in [0, 0.1) is 5.41 Å². The number of alkyl halides is 1. The van der Waals surface area contributed by atoms with E-state index in [-0.39, 0.29) is 11.3 Å². The lowest BCUT2D eigenvalue weighted by Gasteiger charge is -2.23. The molecule has 0 heterocycles. The molecule has 0 bridgehead atoms. The monoisotopic (exact) mass is 317 g/mol. The lowest BCUT2D eigenvalue weighted by Crippen LogP contribution is -2.34. The normalized spacial score (nSPS) is 11.3. The van der Waals surface area contributed by atoms with Crippen LogP contribution in [0.5, 0.6) is 0 Å². The number of rotatable bonds is 5. The van der Waals surface area contributed by atoms with Gasteiger partial charge in [-0.15, -0.1) is 11.6 Å². The molecule has 0 radical (unpaired) electrons. The molecule has 0 fully saturated rings. The summed E-state index contributed by atoms with van der Waals surface area (Å²) in [7, 11) is 0. The molecule has 0 saturated carbocycles. The summed E-state index contributed by atoms with van der Waals surface area (Å²) in [4.78, 5) is 11.8. The second-order valence-corrected chi connectivity index (χ2v) is 6.09. The minimum Gasteiger partial charge on any atom is -0.352 e. The maximum Gasteiger partial charge on any atom is 0.251 e. The summed E-state index contributed by atoms with van der Waals surface area (Å²) in [6, 6.07) is 7.32. The number of carbonyl (C=O) groups is 1. The van der Waals surface area contributed by atoms with Crippen molar-refractivity contribution < 1.29 is 4.79 Å². The van der Waals surface area contributed by atoms with Gasteiger partial charge in [-0.3, -0.25) is 4.79 Å². The highest BCUT2D eigenvalue weighted by molar-refractivity contribution is 9.10. The minimum absolute atomic E-state index is 0.0345. The van der Waals surface area contributed by atoms with Gasteiger partial charge in [-0.2, -0.15) is 0 Å². The lowest BCUT2D eigenvalue weighted by molar-refractivity contribution is 0.0936. The summed E-state index contributed by atoms with van der Waals surface area (Å²) in [6.45, 7) is 4.82. The van der Waals surface area contributed by atoms with Crippen LogP contribution < -0.4 is 5.32 Å². The molecule has 0 unspecified atom stereocenters. The second kappa shape index (κ2) is 6.41. The highest BCUT2D eigenvalue weighted by atomic mass is 79.9. The SMILES string of the molecule is CC(C)(CCCl)CNC(=O)c1ccc(Br)cc1. The number of carbonyl (C=O) groups excluding carboxylic acids is 1. The molecule has 1 rings (SSSR count). The first kappa shape index (κ1) is 14.5. The molecule has 0 atom stereocenters. The van der Waals surface area contributed by atoms with Crippen molar-refractivity contribution in [2.75, 3.05) is 12.4 Å². The molecule has 0 aromatic heterocycles. The predicted octanol–water partition coefficient (Wildman–Crippen LogP) is 3.83. The van der Waals surface area contributed by atoms with E-state index in [9.17, 15) is 4.79 Å². The number of nitrogens with one attached hydrogen (secondary N) is 1. The van der Waals surface area contributed by atoms with Gasteiger partial charge in [0.25, 0.3) is 5.91 Å². The average molecular weight is 319 g/mol. The lowest BCUT2D eigenvalue weighted by atomic mass is 9.90. The summed E-state index contributed by atoms with van der Waals surface area (Å²) in [5.74, 6) is 0.571. The molecule has 2 nitrogen and oxygen atoms in total. The fraction of sp³-hybridized carbons (Fsp3) is 0.462. The quantitative estimate of drug-likeness (QED) is 0.821. The van der Waals surface area contributed by atoms with E-state index in [4.69, 9.17) is 11.6 Å². The number of benzene rings is 1. The molecule has 1 aromatic rings. The maximum absolute atomic E-state index is 11.8. The van der Waals surface area contributed by atoms with E-state index in [1.165, 1.54) is 0 Å². The molecule has 1 N–H and O–H groups in total. The molecule has 0 aliphatic heterocycles. The molecule has 0 aliphatic carbocycles. The fourth-order valence-corrected chi connectivity index (χ4v) is 2.14. The Kier molecular flexibility index (Phi) is 5.47. The predicted molar refractivity (Wildman–Crippen MR) is 75.6 cm³/mol. The third-order valence-electron chi connectivity index (χ3n) is 2.61. The average Bonchev–Trinajstić information content (AvgIpc) is 2.27. The van der Waals surface area contributed by atoms with Crippen molar-refractivity contribution in [1.29, 1.82) is 0 Å². The summed E-state index contributed by atoms with van der Waals surface area (Å²) in [6.07, 6.45) is 0.884. The van der Waals surface area contributed by atoms with Crippen LogP contribution in [-0.2, 0) is 0 Å². The first-order valence-corrected chi connectivity index (χ1v) is 6.87. The maximum atomic E-state index is 11.8. The van der Waals surface area contributed by atoms with Gasteiger partial charge in [-0.05, 0) is 36.1 Å². The van der Waals surface area contributed by atoms with Crippen LogP contribution in [0.25, 0.3) is 0 Å². The Morgan fingerprint density at radius 1 is 1.35 bits per heavy atom. The smallest absolute Gasteiger partial charge is 0.251 e. The molecule has 4 heteroatoms. The van der Waals surface area contributed by atoms with Crippen LogP contribution in [0.1, 0.15) is 30.6 Å². The molecule has 0 spiro atoms.